The lowest BCUT2D eigenvalue weighted by Crippen LogP contribution is -2.36. The third kappa shape index (κ3) is 3.73. The molecule has 122 valence electrons. The molecule has 0 radical (unpaired) electrons. The Morgan fingerprint density at radius 1 is 1.36 bits per heavy atom. The summed E-state index contributed by atoms with van der Waals surface area (Å²) in [5.41, 5.74) is 0.615. The van der Waals surface area contributed by atoms with Crippen LogP contribution < -0.4 is 10.1 Å². The van der Waals surface area contributed by atoms with E-state index in [9.17, 15) is 9.90 Å². The van der Waals surface area contributed by atoms with Crippen molar-refractivity contribution in [1.82, 2.24) is 0 Å². The average molecular weight is 305 g/mol. The van der Waals surface area contributed by atoms with E-state index in [0.717, 1.165) is 12.8 Å². The van der Waals surface area contributed by atoms with E-state index < -0.39 is 0 Å². The zero-order valence-corrected chi connectivity index (χ0v) is 13.9. The van der Waals surface area contributed by atoms with Crippen molar-refractivity contribution in [1.29, 1.82) is 0 Å². The van der Waals surface area contributed by atoms with Crippen LogP contribution in [0.1, 0.15) is 40.0 Å². The number of phenols is 1. The summed E-state index contributed by atoms with van der Waals surface area (Å²) in [6, 6.07) is 4.95. The van der Waals surface area contributed by atoms with Gasteiger partial charge < -0.3 is 15.2 Å². The molecule has 0 saturated heterocycles. The molecule has 1 aromatic rings. The van der Waals surface area contributed by atoms with Gasteiger partial charge in [-0.2, -0.15) is 0 Å². The number of anilines is 1. The fourth-order valence-electron chi connectivity index (χ4n) is 3.51. The van der Waals surface area contributed by atoms with E-state index in [1.807, 2.05) is 0 Å². The van der Waals surface area contributed by atoms with E-state index in [1.54, 1.807) is 12.1 Å². The van der Waals surface area contributed by atoms with Crippen molar-refractivity contribution in [2.75, 3.05) is 12.4 Å². The molecule has 0 spiro atoms. The van der Waals surface area contributed by atoms with Crippen LogP contribution in [0, 0.1) is 23.7 Å². The molecule has 0 heterocycles. The number of nitrogens with one attached hydrogen (secondary N) is 1. The van der Waals surface area contributed by atoms with Gasteiger partial charge in [0.1, 0.15) is 0 Å². The highest BCUT2D eigenvalue weighted by atomic mass is 16.5. The monoisotopic (exact) mass is 305 g/mol. The van der Waals surface area contributed by atoms with Gasteiger partial charge in [-0.15, -0.1) is 0 Å². The molecular weight excluding hydrogens is 278 g/mol. The minimum Gasteiger partial charge on any atom is -0.504 e. The fourth-order valence-corrected chi connectivity index (χ4v) is 3.51. The fraction of sp³-hybridized carbons (Fsp3) is 0.611. The normalized spacial score (nSPS) is 25.0. The molecule has 3 unspecified atom stereocenters. The zero-order chi connectivity index (χ0) is 16.3. The Morgan fingerprint density at radius 3 is 2.68 bits per heavy atom. The molecule has 4 heteroatoms. The maximum Gasteiger partial charge on any atom is 0.227 e. The first kappa shape index (κ1) is 16.7. The molecular formula is C18H27NO3. The van der Waals surface area contributed by atoms with Crippen molar-refractivity contribution in [3.8, 4) is 11.5 Å². The van der Waals surface area contributed by atoms with E-state index in [1.165, 1.54) is 19.6 Å². The van der Waals surface area contributed by atoms with Gasteiger partial charge >= 0.3 is 0 Å². The van der Waals surface area contributed by atoms with Crippen molar-refractivity contribution in [2.45, 2.75) is 40.0 Å². The molecule has 4 nitrogen and oxygen atoms in total. The molecule has 0 aliphatic heterocycles. The second kappa shape index (κ2) is 7.03. The van der Waals surface area contributed by atoms with Crippen molar-refractivity contribution < 1.29 is 14.6 Å². The molecule has 0 bridgehead atoms. The summed E-state index contributed by atoms with van der Waals surface area (Å²) in [4.78, 5) is 12.7. The van der Waals surface area contributed by atoms with Crippen LogP contribution in [0.4, 0.5) is 5.69 Å². The summed E-state index contributed by atoms with van der Waals surface area (Å²) in [6.07, 6.45) is 3.26. The molecule has 1 saturated carbocycles. The zero-order valence-electron chi connectivity index (χ0n) is 13.9. The number of methoxy groups -OCH3 is 1. The summed E-state index contributed by atoms with van der Waals surface area (Å²) >= 11 is 0. The molecule has 1 aliphatic rings. The first-order chi connectivity index (χ1) is 10.4. The largest absolute Gasteiger partial charge is 0.504 e. The van der Waals surface area contributed by atoms with Gasteiger partial charge in [-0.3, -0.25) is 4.79 Å². The van der Waals surface area contributed by atoms with E-state index in [2.05, 4.69) is 26.1 Å². The van der Waals surface area contributed by atoms with Crippen LogP contribution in [-0.4, -0.2) is 18.1 Å². The van der Waals surface area contributed by atoms with E-state index in [4.69, 9.17) is 4.74 Å². The van der Waals surface area contributed by atoms with Gasteiger partial charge in [0.05, 0.1) is 7.11 Å². The highest BCUT2D eigenvalue weighted by Crippen LogP contribution is 2.39. The van der Waals surface area contributed by atoms with Crippen molar-refractivity contribution in [3.05, 3.63) is 18.2 Å². The van der Waals surface area contributed by atoms with Crippen molar-refractivity contribution >= 4 is 11.6 Å². The van der Waals surface area contributed by atoms with Gasteiger partial charge in [0.25, 0.3) is 0 Å². The van der Waals surface area contributed by atoms with Gasteiger partial charge in [0.2, 0.25) is 5.91 Å². The van der Waals surface area contributed by atoms with Crippen LogP contribution in [0.15, 0.2) is 18.2 Å². The Labute approximate surface area is 132 Å². The second-order valence-corrected chi connectivity index (χ2v) is 6.81. The number of ether oxygens (including phenoxy) is 1. The first-order valence-electron chi connectivity index (χ1n) is 8.10. The van der Waals surface area contributed by atoms with Crippen LogP contribution in [0.2, 0.25) is 0 Å². The number of hydrogen-bond acceptors (Lipinski definition) is 3. The van der Waals surface area contributed by atoms with Gasteiger partial charge in [-0.1, -0.05) is 27.2 Å². The number of amides is 1. The average Bonchev–Trinajstić information content (AvgIpc) is 2.47. The van der Waals surface area contributed by atoms with Gasteiger partial charge in [0, 0.05) is 17.7 Å². The number of phenolic OH excluding ortho intramolecular Hbond substituents is 1. The molecule has 1 fully saturated rings. The van der Waals surface area contributed by atoms with Crippen LogP contribution in [-0.2, 0) is 4.79 Å². The number of carbonyl (C=O) groups is 1. The number of rotatable bonds is 4. The first-order valence-corrected chi connectivity index (χ1v) is 8.10. The van der Waals surface area contributed by atoms with Crippen molar-refractivity contribution in [2.24, 2.45) is 23.7 Å². The third-order valence-electron chi connectivity index (χ3n) is 4.81. The lowest BCUT2D eigenvalue weighted by Gasteiger charge is -2.36. The minimum atomic E-state index is 0.0396. The van der Waals surface area contributed by atoms with Crippen LogP contribution >= 0.6 is 0 Å². The molecule has 22 heavy (non-hydrogen) atoms. The highest BCUT2D eigenvalue weighted by Gasteiger charge is 2.35. The Kier molecular flexibility index (Phi) is 5.33. The highest BCUT2D eigenvalue weighted by molar-refractivity contribution is 5.93. The maximum absolute atomic E-state index is 12.7. The molecule has 0 aromatic heterocycles. The predicted molar refractivity (Wildman–Crippen MR) is 88.1 cm³/mol. The molecule has 2 rings (SSSR count). The van der Waals surface area contributed by atoms with E-state index >= 15 is 0 Å². The second-order valence-electron chi connectivity index (χ2n) is 6.81. The Morgan fingerprint density at radius 2 is 2.09 bits per heavy atom. The van der Waals surface area contributed by atoms with E-state index in [-0.39, 0.29) is 17.6 Å². The molecule has 3 atom stereocenters. The number of aromatic hydroxyl groups is 1. The topological polar surface area (TPSA) is 58.6 Å². The molecule has 1 aromatic carbocycles. The van der Waals surface area contributed by atoms with E-state index in [0.29, 0.717) is 29.2 Å². The summed E-state index contributed by atoms with van der Waals surface area (Å²) in [6.45, 7) is 6.61. The lowest BCUT2D eigenvalue weighted by molar-refractivity contribution is -0.123. The standard InChI is InChI=1S/C18H27NO3/c1-11(2)14-7-5-12(3)9-15(14)18(21)19-13-6-8-17(22-4)16(20)10-13/h6,8,10-12,14-15,20H,5,7,9H2,1-4H3,(H,19,21). The maximum atomic E-state index is 12.7. The number of hydrogen-bond donors (Lipinski definition) is 2. The van der Waals surface area contributed by atoms with Crippen LogP contribution in [0.5, 0.6) is 11.5 Å². The molecule has 2 N–H and O–H groups in total. The quantitative estimate of drug-likeness (QED) is 0.882. The summed E-state index contributed by atoms with van der Waals surface area (Å²) < 4.78 is 5.02. The van der Waals surface area contributed by atoms with Gasteiger partial charge in [-0.05, 0) is 42.7 Å². The minimum absolute atomic E-state index is 0.0396. The molecule has 1 aliphatic carbocycles. The summed E-state index contributed by atoms with van der Waals surface area (Å²) in [5, 5.41) is 12.8. The lowest BCUT2D eigenvalue weighted by atomic mass is 9.70. The summed E-state index contributed by atoms with van der Waals surface area (Å²) in [7, 11) is 1.50. The predicted octanol–water partition coefficient (Wildman–Crippen LogP) is 4.05. The third-order valence-corrected chi connectivity index (χ3v) is 4.81. The Bertz CT molecular complexity index is 527. The van der Waals surface area contributed by atoms with Crippen LogP contribution in [0.25, 0.3) is 0 Å². The molecule has 1 amide bonds. The van der Waals surface area contributed by atoms with Gasteiger partial charge in [0.15, 0.2) is 11.5 Å². The van der Waals surface area contributed by atoms with Gasteiger partial charge in [-0.25, -0.2) is 0 Å². The SMILES string of the molecule is COc1ccc(NC(=O)C2CC(C)CCC2C(C)C)cc1O. The van der Waals surface area contributed by atoms with Crippen molar-refractivity contribution in [3.63, 3.8) is 0 Å². The van der Waals surface area contributed by atoms with Crippen LogP contribution in [0.3, 0.4) is 0 Å². The number of benzene rings is 1. The Balaban J connectivity index is 2.10. The number of carbonyl (C=O) groups excluding carboxylic acids is 1. The summed E-state index contributed by atoms with van der Waals surface area (Å²) in [5.74, 6) is 2.09. The smallest absolute Gasteiger partial charge is 0.227 e. The Hall–Kier alpha value is -1.71.